The number of carbonyl (C=O) groups is 2. The molecule has 33 heavy (non-hydrogen) atoms. The van der Waals surface area contributed by atoms with Crippen LogP contribution in [0.4, 0.5) is 5.13 Å². The van der Waals surface area contributed by atoms with E-state index in [-0.39, 0.29) is 16.8 Å². The molecule has 1 aliphatic rings. The van der Waals surface area contributed by atoms with Crippen LogP contribution in [-0.4, -0.2) is 29.2 Å². The number of fused-ring (bicyclic) bond motifs is 2. The molecule has 166 valence electrons. The number of rotatable bonds is 4. The predicted molar refractivity (Wildman–Crippen MR) is 123 cm³/mol. The number of nitrogens with zero attached hydrogens (tertiary/aromatic N) is 3. The zero-order valence-corrected chi connectivity index (χ0v) is 18.9. The molecule has 2 aromatic carbocycles. The molecule has 1 atom stereocenters. The van der Waals surface area contributed by atoms with Crippen molar-refractivity contribution < 1.29 is 18.7 Å². The van der Waals surface area contributed by atoms with Crippen molar-refractivity contribution in [1.29, 1.82) is 0 Å². The number of esters is 1. The molecule has 0 radical (unpaired) electrons. The Bertz CT molecular complexity index is 1470. The van der Waals surface area contributed by atoms with Gasteiger partial charge < -0.3 is 9.15 Å². The third kappa shape index (κ3) is 3.32. The maximum atomic E-state index is 13.7. The van der Waals surface area contributed by atoms with Crippen molar-refractivity contribution in [1.82, 2.24) is 10.2 Å². The van der Waals surface area contributed by atoms with Crippen molar-refractivity contribution in [2.24, 2.45) is 0 Å². The molecule has 8 nitrogen and oxygen atoms in total. The van der Waals surface area contributed by atoms with Gasteiger partial charge in [0.15, 0.2) is 5.43 Å². The van der Waals surface area contributed by atoms with E-state index in [4.69, 9.17) is 9.15 Å². The standard InChI is InChI=1S/C24H19N3O5S/c1-4-13-5-10-17-16(11-13)20(28)18-19(14-6-8-15(9-7-14)23(30)31-3)27(22(29)21(18)32-17)24-26-25-12(2)33-24/h5-11,19H,4H2,1-3H3. The Kier molecular flexibility index (Phi) is 5.05. The molecule has 1 aliphatic heterocycles. The summed E-state index contributed by atoms with van der Waals surface area (Å²) >= 11 is 1.25. The first-order chi connectivity index (χ1) is 15.9. The maximum absolute atomic E-state index is 13.7. The summed E-state index contributed by atoms with van der Waals surface area (Å²) in [6, 6.07) is 11.3. The highest BCUT2D eigenvalue weighted by molar-refractivity contribution is 7.15. The molecular formula is C24H19N3O5S. The molecule has 2 aromatic heterocycles. The van der Waals surface area contributed by atoms with Crippen LogP contribution in [0.25, 0.3) is 11.0 Å². The minimum Gasteiger partial charge on any atom is -0.465 e. The van der Waals surface area contributed by atoms with E-state index < -0.39 is 17.9 Å². The minimum absolute atomic E-state index is 0.00774. The summed E-state index contributed by atoms with van der Waals surface area (Å²) in [6.07, 6.45) is 0.764. The molecule has 0 fully saturated rings. The lowest BCUT2D eigenvalue weighted by atomic mass is 9.97. The van der Waals surface area contributed by atoms with E-state index in [2.05, 4.69) is 10.2 Å². The van der Waals surface area contributed by atoms with Crippen molar-refractivity contribution >= 4 is 39.3 Å². The number of carbonyl (C=O) groups excluding carboxylic acids is 2. The number of anilines is 1. The van der Waals surface area contributed by atoms with Crippen LogP contribution in [0, 0.1) is 6.92 Å². The molecule has 3 heterocycles. The van der Waals surface area contributed by atoms with Crippen LogP contribution in [-0.2, 0) is 11.2 Å². The second-order valence-electron chi connectivity index (χ2n) is 7.65. The van der Waals surface area contributed by atoms with Crippen molar-refractivity contribution in [3.8, 4) is 0 Å². The Hall–Kier alpha value is -3.85. The molecule has 5 rings (SSSR count). The molecule has 1 amide bonds. The Balaban J connectivity index is 1.75. The molecule has 1 unspecified atom stereocenters. The highest BCUT2D eigenvalue weighted by atomic mass is 32.1. The van der Waals surface area contributed by atoms with E-state index in [1.54, 1.807) is 43.3 Å². The predicted octanol–water partition coefficient (Wildman–Crippen LogP) is 4.05. The first-order valence-electron chi connectivity index (χ1n) is 10.3. The number of aryl methyl sites for hydroxylation is 2. The number of amides is 1. The minimum atomic E-state index is -0.766. The van der Waals surface area contributed by atoms with Gasteiger partial charge in [-0.15, -0.1) is 10.2 Å². The second kappa shape index (κ2) is 7.93. The van der Waals surface area contributed by atoms with E-state index in [0.717, 1.165) is 12.0 Å². The zero-order chi connectivity index (χ0) is 23.3. The molecule has 4 aromatic rings. The SMILES string of the molecule is CCc1ccc2oc3c(c(=O)c2c1)C(c1ccc(C(=O)OC)cc1)N(c1nnc(C)s1)C3=O. The number of hydrogen-bond donors (Lipinski definition) is 0. The fraction of sp³-hybridized carbons (Fsp3) is 0.208. The smallest absolute Gasteiger partial charge is 0.337 e. The molecule has 0 bridgehead atoms. The highest BCUT2D eigenvalue weighted by Gasteiger charge is 2.45. The molecule has 9 heteroatoms. The van der Waals surface area contributed by atoms with Crippen LogP contribution in [0.3, 0.4) is 0 Å². The number of benzene rings is 2. The highest BCUT2D eigenvalue weighted by Crippen LogP contribution is 2.42. The average molecular weight is 461 g/mol. The molecule has 0 N–H and O–H groups in total. The molecule has 0 saturated heterocycles. The number of aromatic nitrogens is 2. The average Bonchev–Trinajstić information content (AvgIpc) is 3.39. The van der Waals surface area contributed by atoms with Crippen LogP contribution in [0.2, 0.25) is 0 Å². The van der Waals surface area contributed by atoms with Crippen LogP contribution >= 0.6 is 11.3 Å². The summed E-state index contributed by atoms with van der Waals surface area (Å²) < 4.78 is 10.7. The normalized spacial score (nSPS) is 15.2. The lowest BCUT2D eigenvalue weighted by Gasteiger charge is -2.22. The van der Waals surface area contributed by atoms with E-state index in [9.17, 15) is 14.4 Å². The zero-order valence-electron chi connectivity index (χ0n) is 18.1. The number of methoxy groups -OCH3 is 1. The van der Waals surface area contributed by atoms with Gasteiger partial charge in [-0.1, -0.05) is 36.5 Å². The summed E-state index contributed by atoms with van der Waals surface area (Å²) in [5.74, 6) is -0.938. The van der Waals surface area contributed by atoms with Gasteiger partial charge in [-0.3, -0.25) is 14.5 Å². The van der Waals surface area contributed by atoms with Crippen molar-refractivity contribution in [2.75, 3.05) is 12.0 Å². The third-order valence-corrected chi connectivity index (χ3v) is 6.55. The lowest BCUT2D eigenvalue weighted by molar-refractivity contribution is 0.0600. The van der Waals surface area contributed by atoms with Gasteiger partial charge in [0, 0.05) is 0 Å². The van der Waals surface area contributed by atoms with Crippen LogP contribution < -0.4 is 10.3 Å². The molecular weight excluding hydrogens is 442 g/mol. The van der Waals surface area contributed by atoms with Gasteiger partial charge in [0.05, 0.1) is 29.7 Å². The Labute approximate surface area is 192 Å². The number of ether oxygens (including phenoxy) is 1. The van der Waals surface area contributed by atoms with Gasteiger partial charge in [-0.25, -0.2) is 4.79 Å². The van der Waals surface area contributed by atoms with Gasteiger partial charge in [0.1, 0.15) is 10.6 Å². The summed E-state index contributed by atoms with van der Waals surface area (Å²) in [7, 11) is 1.31. The fourth-order valence-corrected chi connectivity index (χ4v) is 4.77. The van der Waals surface area contributed by atoms with E-state index >= 15 is 0 Å². The number of hydrogen-bond acceptors (Lipinski definition) is 8. The van der Waals surface area contributed by atoms with Crippen molar-refractivity contribution in [2.45, 2.75) is 26.3 Å². The summed E-state index contributed by atoms with van der Waals surface area (Å²) in [6.45, 7) is 3.80. The van der Waals surface area contributed by atoms with Crippen molar-refractivity contribution in [3.63, 3.8) is 0 Å². The Morgan fingerprint density at radius 3 is 2.55 bits per heavy atom. The van der Waals surface area contributed by atoms with Crippen LogP contribution in [0.5, 0.6) is 0 Å². The van der Waals surface area contributed by atoms with Gasteiger partial charge in [0.2, 0.25) is 10.9 Å². The summed E-state index contributed by atoms with van der Waals surface area (Å²) in [5.41, 5.74) is 2.34. The second-order valence-corrected chi connectivity index (χ2v) is 8.81. The van der Waals surface area contributed by atoms with Gasteiger partial charge in [-0.2, -0.15) is 0 Å². The summed E-state index contributed by atoms with van der Waals surface area (Å²) in [5, 5.41) is 9.66. The largest absolute Gasteiger partial charge is 0.465 e. The quantitative estimate of drug-likeness (QED) is 0.422. The summed E-state index contributed by atoms with van der Waals surface area (Å²) in [4.78, 5) is 40.5. The first kappa shape index (κ1) is 21.0. The van der Waals surface area contributed by atoms with Crippen LogP contribution in [0.1, 0.15) is 55.6 Å². The Morgan fingerprint density at radius 1 is 1.15 bits per heavy atom. The lowest BCUT2D eigenvalue weighted by Crippen LogP contribution is -2.29. The molecule has 0 spiro atoms. The topological polar surface area (TPSA) is 103 Å². The monoisotopic (exact) mass is 461 g/mol. The van der Waals surface area contributed by atoms with Gasteiger partial charge in [-0.05, 0) is 48.7 Å². The van der Waals surface area contributed by atoms with E-state index in [1.165, 1.54) is 23.3 Å². The van der Waals surface area contributed by atoms with Gasteiger partial charge in [0.25, 0.3) is 5.91 Å². The van der Waals surface area contributed by atoms with Crippen molar-refractivity contribution in [3.05, 3.63) is 85.7 Å². The first-order valence-corrected chi connectivity index (χ1v) is 11.2. The maximum Gasteiger partial charge on any atom is 0.337 e. The molecule has 0 saturated carbocycles. The van der Waals surface area contributed by atoms with E-state index in [0.29, 0.717) is 32.2 Å². The Morgan fingerprint density at radius 2 is 1.91 bits per heavy atom. The van der Waals surface area contributed by atoms with Gasteiger partial charge >= 0.3 is 5.97 Å². The van der Waals surface area contributed by atoms with Crippen LogP contribution in [0.15, 0.2) is 51.7 Å². The third-order valence-electron chi connectivity index (χ3n) is 5.71. The fourth-order valence-electron chi connectivity index (χ4n) is 4.06. The van der Waals surface area contributed by atoms with E-state index in [1.807, 2.05) is 13.0 Å². The molecule has 0 aliphatic carbocycles.